The lowest BCUT2D eigenvalue weighted by Crippen LogP contribution is -2.49. The van der Waals surface area contributed by atoms with Gasteiger partial charge in [0.05, 0.1) is 0 Å². The Morgan fingerprint density at radius 2 is 2.22 bits per heavy atom. The van der Waals surface area contributed by atoms with Gasteiger partial charge < -0.3 is 10.2 Å². The van der Waals surface area contributed by atoms with Crippen molar-refractivity contribution < 1.29 is 4.39 Å². The first kappa shape index (κ1) is 13.3. The molecule has 1 aromatic carbocycles. The van der Waals surface area contributed by atoms with Crippen LogP contribution in [0, 0.1) is 5.82 Å². The average Bonchev–Trinajstić information content (AvgIpc) is 2.85. The van der Waals surface area contributed by atoms with Gasteiger partial charge in [0.15, 0.2) is 0 Å². The summed E-state index contributed by atoms with van der Waals surface area (Å²) in [6.45, 7) is 7.34. The standard InChI is InChI=1S/C15H23FN2/c1-3-15(9-6-10-17-15)12-18(4-2)14-8-5-7-13(16)11-14/h5,7-8,11,17H,3-4,6,9-10,12H2,1-2H3. The van der Waals surface area contributed by atoms with Crippen molar-refractivity contribution in [1.82, 2.24) is 5.32 Å². The van der Waals surface area contributed by atoms with Crippen LogP contribution in [-0.2, 0) is 0 Å². The molecule has 0 radical (unpaired) electrons. The second-order valence-corrected chi connectivity index (χ2v) is 5.16. The highest BCUT2D eigenvalue weighted by Crippen LogP contribution is 2.26. The minimum atomic E-state index is -0.157. The van der Waals surface area contributed by atoms with Crippen LogP contribution < -0.4 is 10.2 Å². The first-order chi connectivity index (χ1) is 8.69. The molecule has 0 bridgehead atoms. The number of nitrogens with one attached hydrogen (secondary N) is 1. The Morgan fingerprint density at radius 3 is 2.78 bits per heavy atom. The summed E-state index contributed by atoms with van der Waals surface area (Å²) in [7, 11) is 0. The van der Waals surface area contributed by atoms with E-state index < -0.39 is 0 Å². The summed E-state index contributed by atoms with van der Waals surface area (Å²) in [6.07, 6.45) is 3.59. The molecule has 2 rings (SSSR count). The van der Waals surface area contributed by atoms with E-state index in [1.165, 1.54) is 18.9 Å². The normalized spacial score (nSPS) is 23.3. The molecule has 18 heavy (non-hydrogen) atoms. The molecular weight excluding hydrogens is 227 g/mol. The third-order valence-corrected chi connectivity index (χ3v) is 4.06. The fourth-order valence-corrected chi connectivity index (χ4v) is 2.84. The van der Waals surface area contributed by atoms with E-state index in [2.05, 4.69) is 24.1 Å². The molecule has 0 saturated carbocycles. The van der Waals surface area contributed by atoms with Crippen molar-refractivity contribution in [2.75, 3.05) is 24.5 Å². The maximum absolute atomic E-state index is 13.3. The van der Waals surface area contributed by atoms with Crippen molar-refractivity contribution in [3.63, 3.8) is 0 Å². The van der Waals surface area contributed by atoms with Crippen molar-refractivity contribution in [3.8, 4) is 0 Å². The van der Waals surface area contributed by atoms with Crippen molar-refractivity contribution in [2.24, 2.45) is 0 Å². The van der Waals surface area contributed by atoms with Crippen LogP contribution in [0.25, 0.3) is 0 Å². The minimum absolute atomic E-state index is 0.157. The molecule has 0 amide bonds. The van der Waals surface area contributed by atoms with Gasteiger partial charge in [-0.1, -0.05) is 13.0 Å². The summed E-state index contributed by atoms with van der Waals surface area (Å²) in [5.41, 5.74) is 1.20. The highest BCUT2D eigenvalue weighted by atomic mass is 19.1. The minimum Gasteiger partial charge on any atom is -0.370 e. The number of hydrogen-bond donors (Lipinski definition) is 1. The maximum atomic E-state index is 13.3. The number of hydrogen-bond acceptors (Lipinski definition) is 2. The summed E-state index contributed by atoms with van der Waals surface area (Å²) in [5.74, 6) is -0.157. The predicted molar refractivity (Wildman–Crippen MR) is 74.5 cm³/mol. The number of likely N-dealkylation sites (N-methyl/N-ethyl adjacent to an activating group) is 1. The number of benzene rings is 1. The molecule has 1 aromatic rings. The molecule has 1 aliphatic rings. The van der Waals surface area contributed by atoms with Gasteiger partial charge in [0, 0.05) is 24.3 Å². The van der Waals surface area contributed by atoms with Gasteiger partial charge in [0.2, 0.25) is 0 Å². The topological polar surface area (TPSA) is 15.3 Å². The van der Waals surface area contributed by atoms with Crippen molar-refractivity contribution in [1.29, 1.82) is 0 Å². The Bertz CT molecular complexity index is 386. The van der Waals surface area contributed by atoms with E-state index in [0.29, 0.717) is 0 Å². The van der Waals surface area contributed by atoms with Crippen LogP contribution in [0.15, 0.2) is 24.3 Å². The van der Waals surface area contributed by atoms with E-state index in [-0.39, 0.29) is 11.4 Å². The Labute approximate surface area is 109 Å². The summed E-state index contributed by atoms with van der Waals surface area (Å²) in [5, 5.41) is 3.63. The Morgan fingerprint density at radius 1 is 1.39 bits per heavy atom. The largest absolute Gasteiger partial charge is 0.370 e. The summed E-state index contributed by atoms with van der Waals surface area (Å²) in [6, 6.07) is 6.90. The molecule has 2 nitrogen and oxygen atoms in total. The van der Waals surface area contributed by atoms with E-state index in [9.17, 15) is 4.39 Å². The Kier molecular flexibility index (Phi) is 4.23. The molecule has 3 heteroatoms. The predicted octanol–water partition coefficient (Wildman–Crippen LogP) is 3.18. The second-order valence-electron chi connectivity index (χ2n) is 5.16. The summed E-state index contributed by atoms with van der Waals surface area (Å²) < 4.78 is 13.3. The first-order valence-corrected chi connectivity index (χ1v) is 6.94. The summed E-state index contributed by atoms with van der Waals surface area (Å²) in [4.78, 5) is 2.27. The van der Waals surface area contributed by atoms with Gasteiger partial charge in [0.25, 0.3) is 0 Å². The third kappa shape index (κ3) is 2.83. The van der Waals surface area contributed by atoms with E-state index in [1.807, 2.05) is 6.07 Å². The van der Waals surface area contributed by atoms with E-state index in [0.717, 1.165) is 31.7 Å². The lowest BCUT2D eigenvalue weighted by atomic mass is 9.93. The Balaban J connectivity index is 2.14. The van der Waals surface area contributed by atoms with E-state index in [4.69, 9.17) is 0 Å². The van der Waals surface area contributed by atoms with Gasteiger partial charge in [-0.25, -0.2) is 4.39 Å². The molecule has 1 atom stereocenters. The van der Waals surface area contributed by atoms with E-state index >= 15 is 0 Å². The average molecular weight is 250 g/mol. The van der Waals surface area contributed by atoms with Crippen LogP contribution in [-0.4, -0.2) is 25.2 Å². The first-order valence-electron chi connectivity index (χ1n) is 6.94. The second kappa shape index (κ2) is 5.70. The molecule has 100 valence electrons. The van der Waals surface area contributed by atoms with Gasteiger partial charge >= 0.3 is 0 Å². The Hall–Kier alpha value is -1.09. The van der Waals surface area contributed by atoms with Crippen LogP contribution >= 0.6 is 0 Å². The van der Waals surface area contributed by atoms with Gasteiger partial charge in [-0.15, -0.1) is 0 Å². The van der Waals surface area contributed by atoms with Crippen LogP contribution in [0.3, 0.4) is 0 Å². The van der Waals surface area contributed by atoms with E-state index in [1.54, 1.807) is 12.1 Å². The van der Waals surface area contributed by atoms with Crippen molar-refractivity contribution in [3.05, 3.63) is 30.1 Å². The molecule has 0 aromatic heterocycles. The SMILES string of the molecule is CCN(CC1(CC)CCCN1)c1cccc(F)c1. The molecule has 1 unspecified atom stereocenters. The zero-order valence-electron chi connectivity index (χ0n) is 11.4. The quantitative estimate of drug-likeness (QED) is 0.863. The number of anilines is 1. The smallest absolute Gasteiger partial charge is 0.125 e. The highest BCUT2D eigenvalue weighted by Gasteiger charge is 2.33. The van der Waals surface area contributed by atoms with Crippen LogP contribution in [0.5, 0.6) is 0 Å². The number of halogens is 1. The van der Waals surface area contributed by atoms with Gasteiger partial charge in [-0.05, 0) is 50.9 Å². The van der Waals surface area contributed by atoms with Gasteiger partial charge in [-0.2, -0.15) is 0 Å². The third-order valence-electron chi connectivity index (χ3n) is 4.06. The maximum Gasteiger partial charge on any atom is 0.125 e. The molecule has 0 aliphatic carbocycles. The fraction of sp³-hybridized carbons (Fsp3) is 0.600. The van der Waals surface area contributed by atoms with Gasteiger partial charge in [0.1, 0.15) is 5.82 Å². The summed E-state index contributed by atoms with van der Waals surface area (Å²) >= 11 is 0. The zero-order valence-corrected chi connectivity index (χ0v) is 11.4. The molecule has 1 saturated heterocycles. The van der Waals surface area contributed by atoms with Crippen molar-refractivity contribution >= 4 is 5.69 Å². The highest BCUT2D eigenvalue weighted by molar-refractivity contribution is 5.47. The monoisotopic (exact) mass is 250 g/mol. The molecule has 1 fully saturated rings. The number of rotatable bonds is 5. The fourth-order valence-electron chi connectivity index (χ4n) is 2.84. The zero-order chi connectivity index (χ0) is 13.0. The van der Waals surface area contributed by atoms with Gasteiger partial charge in [-0.3, -0.25) is 0 Å². The van der Waals surface area contributed by atoms with Crippen LogP contribution in [0.2, 0.25) is 0 Å². The molecule has 1 heterocycles. The molecule has 1 N–H and O–H groups in total. The lowest BCUT2D eigenvalue weighted by molar-refractivity contribution is 0.363. The molecule has 0 spiro atoms. The molecule has 1 aliphatic heterocycles. The molecular formula is C15H23FN2. The van der Waals surface area contributed by atoms with Crippen molar-refractivity contribution in [2.45, 2.75) is 38.6 Å². The lowest BCUT2D eigenvalue weighted by Gasteiger charge is -2.36. The van der Waals surface area contributed by atoms with Crippen LogP contribution in [0.1, 0.15) is 33.1 Å². The number of nitrogens with zero attached hydrogens (tertiary/aromatic N) is 1. The van der Waals surface area contributed by atoms with Crippen LogP contribution in [0.4, 0.5) is 10.1 Å².